The van der Waals surface area contributed by atoms with Gasteiger partial charge in [-0.1, -0.05) is 0 Å². The smallest absolute Gasteiger partial charge is 0.231 e. The lowest BCUT2D eigenvalue weighted by Crippen LogP contribution is -2.04. The topological polar surface area (TPSA) is 39.7 Å². The second-order valence-electron chi connectivity index (χ2n) is 3.34. The summed E-state index contributed by atoms with van der Waals surface area (Å²) < 4.78 is 15.5. The van der Waals surface area contributed by atoms with Gasteiger partial charge in [0.2, 0.25) is 6.79 Å². The Hall–Kier alpha value is -1.42. The quantitative estimate of drug-likeness (QED) is 0.751. The van der Waals surface area contributed by atoms with Gasteiger partial charge in [-0.3, -0.25) is 0 Å². The summed E-state index contributed by atoms with van der Waals surface area (Å²) in [4.78, 5) is 0. The monoisotopic (exact) mass is 209 g/mol. The molecule has 0 saturated heterocycles. The molecule has 0 aliphatic carbocycles. The number of anilines is 1. The maximum Gasteiger partial charge on any atom is 0.231 e. The number of rotatable bonds is 5. The third-order valence-corrected chi connectivity index (χ3v) is 2.23. The lowest BCUT2D eigenvalue weighted by atomic mass is 10.2. The van der Waals surface area contributed by atoms with E-state index in [1.807, 2.05) is 18.2 Å². The highest BCUT2D eigenvalue weighted by molar-refractivity contribution is 5.55. The summed E-state index contributed by atoms with van der Waals surface area (Å²) in [5.74, 6) is 1.63. The van der Waals surface area contributed by atoms with Gasteiger partial charge in [0.25, 0.3) is 0 Å². The van der Waals surface area contributed by atoms with E-state index in [0.717, 1.165) is 36.8 Å². The SMILES string of the molecule is COCCCNc1ccc2c(c1)OCO2. The highest BCUT2D eigenvalue weighted by Crippen LogP contribution is 2.34. The van der Waals surface area contributed by atoms with Crippen molar-refractivity contribution < 1.29 is 14.2 Å². The van der Waals surface area contributed by atoms with E-state index in [1.54, 1.807) is 7.11 Å². The van der Waals surface area contributed by atoms with E-state index in [1.165, 1.54) is 0 Å². The van der Waals surface area contributed by atoms with Gasteiger partial charge in [-0.15, -0.1) is 0 Å². The molecular weight excluding hydrogens is 194 g/mol. The van der Waals surface area contributed by atoms with Gasteiger partial charge in [0.15, 0.2) is 11.5 Å². The molecule has 1 aromatic carbocycles. The van der Waals surface area contributed by atoms with Gasteiger partial charge in [0, 0.05) is 32.0 Å². The highest BCUT2D eigenvalue weighted by Gasteiger charge is 2.12. The Bertz CT molecular complexity index is 328. The minimum Gasteiger partial charge on any atom is -0.454 e. The Morgan fingerprint density at radius 3 is 3.07 bits per heavy atom. The van der Waals surface area contributed by atoms with Crippen LogP contribution in [0.1, 0.15) is 6.42 Å². The standard InChI is InChI=1S/C11H15NO3/c1-13-6-2-5-12-9-3-4-10-11(7-9)15-8-14-10/h3-4,7,12H,2,5-6,8H2,1H3. The lowest BCUT2D eigenvalue weighted by Gasteiger charge is -2.06. The molecular formula is C11H15NO3. The Morgan fingerprint density at radius 1 is 1.33 bits per heavy atom. The van der Waals surface area contributed by atoms with Crippen molar-refractivity contribution in [1.29, 1.82) is 0 Å². The fourth-order valence-electron chi connectivity index (χ4n) is 1.46. The molecule has 0 radical (unpaired) electrons. The van der Waals surface area contributed by atoms with Crippen LogP contribution in [0.2, 0.25) is 0 Å². The van der Waals surface area contributed by atoms with Crippen molar-refractivity contribution in [3.63, 3.8) is 0 Å². The number of methoxy groups -OCH3 is 1. The average molecular weight is 209 g/mol. The second kappa shape index (κ2) is 4.89. The molecule has 0 amide bonds. The second-order valence-corrected chi connectivity index (χ2v) is 3.34. The van der Waals surface area contributed by atoms with Crippen molar-refractivity contribution in [2.75, 3.05) is 32.4 Å². The zero-order chi connectivity index (χ0) is 10.5. The van der Waals surface area contributed by atoms with Crippen molar-refractivity contribution in [3.05, 3.63) is 18.2 Å². The molecule has 0 unspecified atom stereocenters. The molecule has 1 aliphatic heterocycles. The number of ether oxygens (including phenoxy) is 3. The van der Waals surface area contributed by atoms with Crippen LogP contribution in [0.15, 0.2) is 18.2 Å². The Morgan fingerprint density at radius 2 is 2.20 bits per heavy atom. The zero-order valence-corrected chi connectivity index (χ0v) is 8.79. The van der Waals surface area contributed by atoms with Crippen LogP contribution in [0.4, 0.5) is 5.69 Å². The number of hydrogen-bond acceptors (Lipinski definition) is 4. The summed E-state index contributed by atoms with van der Waals surface area (Å²) in [6.45, 7) is 1.99. The molecule has 0 saturated carbocycles. The average Bonchev–Trinajstić information content (AvgIpc) is 2.71. The van der Waals surface area contributed by atoms with Crippen LogP contribution in [-0.2, 0) is 4.74 Å². The minimum absolute atomic E-state index is 0.322. The minimum atomic E-state index is 0.322. The molecule has 0 bridgehead atoms. The van der Waals surface area contributed by atoms with Crippen LogP contribution < -0.4 is 14.8 Å². The van der Waals surface area contributed by atoms with Gasteiger partial charge in [-0.25, -0.2) is 0 Å². The van der Waals surface area contributed by atoms with E-state index in [9.17, 15) is 0 Å². The van der Waals surface area contributed by atoms with E-state index in [2.05, 4.69) is 5.32 Å². The van der Waals surface area contributed by atoms with Crippen molar-refractivity contribution in [1.82, 2.24) is 0 Å². The van der Waals surface area contributed by atoms with Crippen LogP contribution in [0, 0.1) is 0 Å². The molecule has 4 heteroatoms. The molecule has 1 aliphatic rings. The van der Waals surface area contributed by atoms with Gasteiger partial charge in [-0.2, -0.15) is 0 Å². The number of benzene rings is 1. The van der Waals surface area contributed by atoms with E-state index in [-0.39, 0.29) is 0 Å². The summed E-state index contributed by atoms with van der Waals surface area (Å²) in [6, 6.07) is 5.86. The first-order chi connectivity index (χ1) is 7.40. The lowest BCUT2D eigenvalue weighted by molar-refractivity contribution is 0.174. The third kappa shape index (κ3) is 2.53. The van der Waals surface area contributed by atoms with Gasteiger partial charge in [-0.05, 0) is 18.6 Å². The predicted molar refractivity (Wildman–Crippen MR) is 57.5 cm³/mol. The summed E-state index contributed by atoms with van der Waals surface area (Å²) in [7, 11) is 1.71. The van der Waals surface area contributed by atoms with E-state index < -0.39 is 0 Å². The molecule has 0 aromatic heterocycles. The molecule has 0 fully saturated rings. The van der Waals surface area contributed by atoms with Gasteiger partial charge >= 0.3 is 0 Å². The van der Waals surface area contributed by atoms with Crippen LogP contribution in [0.25, 0.3) is 0 Å². The van der Waals surface area contributed by atoms with E-state index in [0.29, 0.717) is 6.79 Å². The fraction of sp³-hybridized carbons (Fsp3) is 0.455. The Balaban J connectivity index is 1.87. The molecule has 4 nitrogen and oxygen atoms in total. The van der Waals surface area contributed by atoms with Gasteiger partial charge in [0.1, 0.15) is 0 Å². The Kier molecular flexibility index (Phi) is 3.29. The molecule has 0 spiro atoms. The molecule has 1 aromatic rings. The number of nitrogens with one attached hydrogen (secondary N) is 1. The van der Waals surface area contributed by atoms with Crippen LogP contribution in [0.5, 0.6) is 11.5 Å². The first-order valence-electron chi connectivity index (χ1n) is 5.02. The highest BCUT2D eigenvalue weighted by atomic mass is 16.7. The van der Waals surface area contributed by atoms with Crippen LogP contribution >= 0.6 is 0 Å². The predicted octanol–water partition coefficient (Wildman–Crippen LogP) is 1.86. The Labute approximate surface area is 89.1 Å². The van der Waals surface area contributed by atoms with E-state index >= 15 is 0 Å². The molecule has 0 atom stereocenters. The zero-order valence-electron chi connectivity index (χ0n) is 8.79. The normalized spacial score (nSPS) is 12.9. The maximum atomic E-state index is 5.28. The van der Waals surface area contributed by atoms with Crippen molar-refractivity contribution >= 4 is 5.69 Å². The molecule has 1 N–H and O–H groups in total. The summed E-state index contributed by atoms with van der Waals surface area (Å²) in [6.07, 6.45) is 0.991. The third-order valence-electron chi connectivity index (χ3n) is 2.23. The van der Waals surface area contributed by atoms with Crippen LogP contribution in [0.3, 0.4) is 0 Å². The van der Waals surface area contributed by atoms with Gasteiger partial charge in [0.05, 0.1) is 0 Å². The van der Waals surface area contributed by atoms with Crippen molar-refractivity contribution in [3.8, 4) is 11.5 Å². The fourth-order valence-corrected chi connectivity index (χ4v) is 1.46. The van der Waals surface area contributed by atoms with Crippen molar-refractivity contribution in [2.45, 2.75) is 6.42 Å². The first-order valence-corrected chi connectivity index (χ1v) is 5.02. The van der Waals surface area contributed by atoms with Gasteiger partial charge < -0.3 is 19.5 Å². The molecule has 15 heavy (non-hydrogen) atoms. The summed E-state index contributed by atoms with van der Waals surface area (Å²) in [5, 5.41) is 3.29. The first kappa shape index (κ1) is 10.1. The molecule has 82 valence electrons. The maximum absolute atomic E-state index is 5.28. The molecule has 2 rings (SSSR count). The molecule has 1 heterocycles. The van der Waals surface area contributed by atoms with Crippen LogP contribution in [-0.4, -0.2) is 27.1 Å². The summed E-state index contributed by atoms with van der Waals surface area (Å²) >= 11 is 0. The number of hydrogen-bond donors (Lipinski definition) is 1. The van der Waals surface area contributed by atoms with E-state index in [4.69, 9.17) is 14.2 Å². The number of fused-ring (bicyclic) bond motifs is 1. The van der Waals surface area contributed by atoms with Crippen molar-refractivity contribution in [2.24, 2.45) is 0 Å². The summed E-state index contributed by atoms with van der Waals surface area (Å²) in [5.41, 5.74) is 1.05. The largest absolute Gasteiger partial charge is 0.454 e.